The van der Waals surface area contributed by atoms with Crippen molar-refractivity contribution in [2.24, 2.45) is 0 Å². The normalized spacial score (nSPS) is 23.5. The predicted molar refractivity (Wildman–Crippen MR) is 78.1 cm³/mol. The maximum atomic E-state index is 12.4. The van der Waals surface area contributed by atoms with Gasteiger partial charge in [0.05, 0.1) is 5.76 Å². The van der Waals surface area contributed by atoms with Gasteiger partial charge in [-0.2, -0.15) is 0 Å². The summed E-state index contributed by atoms with van der Waals surface area (Å²) in [4.78, 5) is 23.8. The molecule has 1 amide bonds. The number of fused-ring (bicyclic) bond motifs is 1. The van der Waals surface area contributed by atoms with E-state index < -0.39 is 12.5 Å². The van der Waals surface area contributed by atoms with Crippen LogP contribution in [0.25, 0.3) is 0 Å². The molecule has 0 spiro atoms. The highest BCUT2D eigenvalue weighted by Crippen LogP contribution is 2.44. The third-order valence-corrected chi connectivity index (χ3v) is 3.86. The summed E-state index contributed by atoms with van der Waals surface area (Å²) >= 11 is 0. The van der Waals surface area contributed by atoms with E-state index in [1.54, 1.807) is 0 Å². The second kappa shape index (κ2) is 5.20. The minimum atomic E-state index is -2.33. The maximum absolute atomic E-state index is 12.4. The van der Waals surface area contributed by atoms with Gasteiger partial charge < -0.3 is 19.4 Å². The van der Waals surface area contributed by atoms with Crippen molar-refractivity contribution in [3.05, 3.63) is 54.1 Å². The molecule has 2 saturated heterocycles. The lowest BCUT2D eigenvalue weighted by Crippen LogP contribution is -2.54. The van der Waals surface area contributed by atoms with Gasteiger partial charge in [0.15, 0.2) is 0 Å². The van der Waals surface area contributed by atoms with Gasteiger partial charge in [-0.05, 0) is 12.0 Å². The highest BCUT2D eigenvalue weighted by atomic mass is 16.6. The van der Waals surface area contributed by atoms with Gasteiger partial charge >= 0.3 is 12.5 Å². The minimum absolute atomic E-state index is 0.144. The molecule has 1 N–H and O–H groups in total. The van der Waals surface area contributed by atoms with E-state index in [2.05, 4.69) is 11.9 Å². The topological polar surface area (TPSA) is 64.6 Å². The molecule has 2 fully saturated rings. The van der Waals surface area contributed by atoms with E-state index >= 15 is 0 Å². The molecule has 0 saturated carbocycles. The minimum Gasteiger partial charge on any atom is -0.637 e. The summed E-state index contributed by atoms with van der Waals surface area (Å²) in [6.07, 6.45) is 1.28. The SMILES string of the molecule is C=C1C[C+]2CC(=O)O[B-]2(C(=O)NCCc2ccccc2)O1. The molecule has 2 heterocycles. The van der Waals surface area contributed by atoms with Gasteiger partial charge in [0.1, 0.15) is 12.8 Å². The molecule has 0 aliphatic carbocycles. The number of hydrogen-bond donors (Lipinski definition) is 1. The van der Waals surface area contributed by atoms with Gasteiger partial charge in [-0.1, -0.05) is 36.9 Å². The van der Waals surface area contributed by atoms with Crippen LogP contribution in [0.3, 0.4) is 0 Å². The Hall–Kier alpha value is -2.37. The number of hydrogen-bond acceptors (Lipinski definition) is 4. The summed E-state index contributed by atoms with van der Waals surface area (Å²) in [6.45, 7) is 1.85. The number of carbonyl (C=O) groups excluding carboxylic acids is 2. The molecule has 0 radical (unpaired) electrons. The Morgan fingerprint density at radius 3 is 2.81 bits per heavy atom. The monoisotopic (exact) mass is 285 g/mol. The molecule has 1 unspecified atom stereocenters. The molecule has 21 heavy (non-hydrogen) atoms. The van der Waals surface area contributed by atoms with Crippen molar-refractivity contribution >= 4 is 18.3 Å². The van der Waals surface area contributed by atoms with Gasteiger partial charge in [0, 0.05) is 12.4 Å². The number of carbonyl (C=O) groups is 2. The highest BCUT2D eigenvalue weighted by Gasteiger charge is 2.68. The number of nitrogens with one attached hydrogen (secondary N) is 1. The van der Waals surface area contributed by atoms with E-state index in [-0.39, 0.29) is 12.2 Å². The van der Waals surface area contributed by atoms with Crippen LogP contribution in [0.2, 0.25) is 0 Å². The Morgan fingerprint density at radius 2 is 2.05 bits per heavy atom. The second-order valence-corrected chi connectivity index (χ2v) is 5.40. The molecular weight excluding hydrogens is 269 g/mol. The van der Waals surface area contributed by atoms with Gasteiger partial charge in [-0.3, -0.25) is 4.79 Å². The Kier molecular flexibility index (Phi) is 3.37. The Morgan fingerprint density at radius 1 is 1.29 bits per heavy atom. The quantitative estimate of drug-likeness (QED) is 0.678. The molecule has 2 aliphatic rings. The van der Waals surface area contributed by atoms with E-state index in [0.29, 0.717) is 31.0 Å². The van der Waals surface area contributed by atoms with Crippen molar-refractivity contribution in [2.45, 2.75) is 19.3 Å². The fourth-order valence-electron chi connectivity index (χ4n) is 2.87. The Bertz CT molecular complexity index is 567. The van der Waals surface area contributed by atoms with Crippen LogP contribution >= 0.6 is 0 Å². The van der Waals surface area contributed by atoms with Crippen LogP contribution in [0.15, 0.2) is 42.7 Å². The van der Waals surface area contributed by atoms with Crippen LogP contribution < -0.4 is 5.32 Å². The van der Waals surface area contributed by atoms with Crippen molar-refractivity contribution < 1.29 is 18.9 Å². The van der Waals surface area contributed by atoms with E-state index in [0.717, 1.165) is 5.56 Å². The molecule has 1 atom stereocenters. The van der Waals surface area contributed by atoms with Crippen molar-refractivity contribution in [2.75, 3.05) is 6.54 Å². The zero-order chi connectivity index (χ0) is 14.9. The lowest BCUT2D eigenvalue weighted by atomic mass is 9.48. The van der Waals surface area contributed by atoms with Crippen LogP contribution in [0, 0.1) is 5.82 Å². The summed E-state index contributed by atoms with van der Waals surface area (Å²) in [5.74, 6) is 0.402. The average Bonchev–Trinajstić information content (AvgIpc) is 2.91. The summed E-state index contributed by atoms with van der Waals surface area (Å²) in [5, 5.41) is 2.80. The van der Waals surface area contributed by atoms with E-state index in [9.17, 15) is 9.59 Å². The predicted octanol–water partition coefficient (Wildman–Crippen LogP) is 1.96. The molecule has 1 aromatic rings. The smallest absolute Gasteiger partial charge is 0.637 e. The Balaban J connectivity index is 1.62. The van der Waals surface area contributed by atoms with E-state index in [1.807, 2.05) is 30.3 Å². The van der Waals surface area contributed by atoms with Crippen LogP contribution in [0.4, 0.5) is 4.79 Å². The third-order valence-electron chi connectivity index (χ3n) is 3.86. The number of amides is 1. The van der Waals surface area contributed by atoms with Crippen LogP contribution in [0.5, 0.6) is 0 Å². The van der Waals surface area contributed by atoms with Gasteiger partial charge in [-0.15, -0.1) is 0 Å². The second-order valence-electron chi connectivity index (χ2n) is 5.40. The van der Waals surface area contributed by atoms with E-state index in [4.69, 9.17) is 9.31 Å². The van der Waals surface area contributed by atoms with Crippen LogP contribution in [-0.4, -0.2) is 24.9 Å². The fraction of sp³-hybridized carbons (Fsp3) is 0.267. The molecule has 0 aromatic heterocycles. The molecule has 3 rings (SSSR count). The fourth-order valence-corrected chi connectivity index (χ4v) is 2.87. The Labute approximate surface area is 123 Å². The van der Waals surface area contributed by atoms with Crippen molar-refractivity contribution in [1.29, 1.82) is 0 Å². The first-order chi connectivity index (χ1) is 10.1. The highest BCUT2D eigenvalue weighted by molar-refractivity contribution is 7.03. The summed E-state index contributed by atoms with van der Waals surface area (Å²) in [6, 6.07) is 9.84. The molecule has 2 aliphatic heterocycles. The molecule has 5 nitrogen and oxygen atoms in total. The van der Waals surface area contributed by atoms with Gasteiger partial charge in [-0.25, -0.2) is 0 Å². The third kappa shape index (κ3) is 2.49. The molecule has 108 valence electrons. The largest absolute Gasteiger partial charge is 0.640 e. The first-order valence-corrected chi connectivity index (χ1v) is 7.00. The maximum Gasteiger partial charge on any atom is 0.640 e. The molecule has 1 aromatic carbocycles. The van der Waals surface area contributed by atoms with Gasteiger partial charge in [0.25, 0.3) is 0 Å². The van der Waals surface area contributed by atoms with E-state index in [1.165, 1.54) is 0 Å². The standard InChI is InChI=1S/C15H16BNO4/c1-11-9-13-10-14(18)21-16(13,20-11)15(19)17-8-7-12-5-3-2-4-6-12/h2-6H,1,7-10H2,(H,17,19). The number of benzene rings is 1. The van der Waals surface area contributed by atoms with Gasteiger partial charge in [0.2, 0.25) is 5.81 Å². The molecule has 6 heteroatoms. The lowest BCUT2D eigenvalue weighted by Gasteiger charge is -2.24. The van der Waals surface area contributed by atoms with Crippen LogP contribution in [0.1, 0.15) is 18.4 Å². The lowest BCUT2D eigenvalue weighted by molar-refractivity contribution is -0.133. The average molecular weight is 285 g/mol. The number of allylic oxidation sites excluding steroid dienone is 1. The van der Waals surface area contributed by atoms with Crippen molar-refractivity contribution in [1.82, 2.24) is 5.32 Å². The molecular formula is C15H16BNO4. The van der Waals surface area contributed by atoms with Crippen molar-refractivity contribution in [3.63, 3.8) is 0 Å². The number of rotatable bonds is 4. The summed E-state index contributed by atoms with van der Waals surface area (Å²) < 4.78 is 10.7. The summed E-state index contributed by atoms with van der Waals surface area (Å²) in [5.41, 5.74) is 1.13. The first kappa shape index (κ1) is 13.6. The zero-order valence-electron chi connectivity index (χ0n) is 11.6. The molecule has 0 bridgehead atoms. The zero-order valence-corrected chi connectivity index (χ0v) is 11.6. The first-order valence-electron chi connectivity index (χ1n) is 7.00. The van der Waals surface area contributed by atoms with Crippen molar-refractivity contribution in [3.8, 4) is 0 Å². The van der Waals surface area contributed by atoms with Crippen LogP contribution in [-0.2, 0) is 20.5 Å². The summed E-state index contributed by atoms with van der Waals surface area (Å²) in [7, 11) is 0.